The number of benzene rings is 1. The second-order valence-electron chi connectivity index (χ2n) is 7.76. The SMILES string of the molecule is CNC(=O)c1cc(CSc2nc(N)c(C#N)c(-c3ccc(N4CCCC4=O)cc3)c2C#N)ccn1. The van der Waals surface area contributed by atoms with Gasteiger partial charge >= 0.3 is 0 Å². The fraction of sp³-hybridized carbons (Fsp3) is 0.200. The van der Waals surface area contributed by atoms with Gasteiger partial charge in [-0.1, -0.05) is 12.1 Å². The van der Waals surface area contributed by atoms with Gasteiger partial charge in [-0.3, -0.25) is 14.6 Å². The normalized spacial score (nSPS) is 12.8. The van der Waals surface area contributed by atoms with Gasteiger partial charge < -0.3 is 16.0 Å². The minimum atomic E-state index is -0.295. The molecular formula is C25H21N7O2S. The van der Waals surface area contributed by atoms with Crippen LogP contribution < -0.4 is 16.0 Å². The van der Waals surface area contributed by atoms with E-state index in [4.69, 9.17) is 5.73 Å². The summed E-state index contributed by atoms with van der Waals surface area (Å²) in [5, 5.41) is 22.7. The molecule has 0 atom stereocenters. The summed E-state index contributed by atoms with van der Waals surface area (Å²) in [6.45, 7) is 0.671. The van der Waals surface area contributed by atoms with E-state index in [9.17, 15) is 20.1 Å². The van der Waals surface area contributed by atoms with Crippen LogP contribution in [0.25, 0.3) is 11.1 Å². The maximum atomic E-state index is 12.1. The molecule has 0 aliphatic carbocycles. The molecule has 1 saturated heterocycles. The number of nitrogen functional groups attached to an aromatic ring is 1. The van der Waals surface area contributed by atoms with Crippen molar-refractivity contribution in [3.63, 3.8) is 0 Å². The zero-order chi connectivity index (χ0) is 24.9. The first kappa shape index (κ1) is 23.7. The topological polar surface area (TPSA) is 149 Å². The molecule has 4 rings (SSSR count). The summed E-state index contributed by atoms with van der Waals surface area (Å²) in [5.74, 6) is 0.227. The van der Waals surface area contributed by atoms with E-state index in [0.717, 1.165) is 17.7 Å². The Balaban J connectivity index is 1.69. The first-order valence-corrected chi connectivity index (χ1v) is 11.8. The number of amides is 2. The Kier molecular flexibility index (Phi) is 6.95. The monoisotopic (exact) mass is 483 g/mol. The van der Waals surface area contributed by atoms with Gasteiger partial charge in [-0.05, 0) is 41.8 Å². The number of pyridine rings is 2. The predicted octanol–water partition coefficient (Wildman–Crippen LogP) is 3.25. The Bertz CT molecular complexity index is 1390. The number of hydrogen-bond donors (Lipinski definition) is 2. The minimum absolute atomic E-state index is 0.0311. The first-order chi connectivity index (χ1) is 17.0. The van der Waals surface area contributed by atoms with Crippen LogP contribution >= 0.6 is 11.8 Å². The van der Waals surface area contributed by atoms with Gasteiger partial charge in [0.25, 0.3) is 5.91 Å². The molecule has 3 aromatic rings. The molecule has 2 amide bonds. The fourth-order valence-electron chi connectivity index (χ4n) is 3.89. The lowest BCUT2D eigenvalue weighted by atomic mass is 9.96. The molecule has 0 bridgehead atoms. The number of carbonyl (C=O) groups is 2. The number of nitriles is 2. The Labute approximate surface area is 206 Å². The molecule has 9 nitrogen and oxygen atoms in total. The molecule has 3 heterocycles. The van der Waals surface area contributed by atoms with E-state index in [2.05, 4.69) is 27.4 Å². The molecule has 0 saturated carbocycles. The van der Waals surface area contributed by atoms with Crippen molar-refractivity contribution in [2.24, 2.45) is 0 Å². The number of thioether (sulfide) groups is 1. The van der Waals surface area contributed by atoms with E-state index < -0.39 is 0 Å². The highest BCUT2D eigenvalue weighted by atomic mass is 32.2. The van der Waals surface area contributed by atoms with Crippen LogP contribution in [0.15, 0.2) is 47.6 Å². The Morgan fingerprint density at radius 2 is 1.94 bits per heavy atom. The second kappa shape index (κ2) is 10.2. The van der Waals surface area contributed by atoms with Crippen molar-refractivity contribution in [3.05, 3.63) is 65.0 Å². The van der Waals surface area contributed by atoms with Crippen LogP contribution in [0.5, 0.6) is 0 Å². The van der Waals surface area contributed by atoms with Crippen LogP contribution in [0.2, 0.25) is 0 Å². The molecule has 1 fully saturated rings. The quantitative estimate of drug-likeness (QED) is 0.508. The highest BCUT2D eigenvalue weighted by molar-refractivity contribution is 7.98. The van der Waals surface area contributed by atoms with Gasteiger partial charge in [0, 0.05) is 43.2 Å². The van der Waals surface area contributed by atoms with Gasteiger partial charge in [-0.2, -0.15) is 10.5 Å². The smallest absolute Gasteiger partial charge is 0.269 e. The van der Waals surface area contributed by atoms with Crippen LogP contribution in [0.4, 0.5) is 11.5 Å². The minimum Gasteiger partial charge on any atom is -0.383 e. The van der Waals surface area contributed by atoms with Crippen molar-refractivity contribution in [2.75, 3.05) is 24.2 Å². The number of hydrogen-bond acceptors (Lipinski definition) is 8. The zero-order valence-corrected chi connectivity index (χ0v) is 19.7. The van der Waals surface area contributed by atoms with Gasteiger partial charge in [0.1, 0.15) is 34.2 Å². The van der Waals surface area contributed by atoms with Gasteiger partial charge in [0.15, 0.2) is 0 Å². The summed E-state index contributed by atoms with van der Waals surface area (Å²) in [6, 6.07) is 14.9. The molecule has 1 aromatic carbocycles. The van der Waals surface area contributed by atoms with Crippen LogP contribution in [0.1, 0.15) is 40.0 Å². The lowest BCUT2D eigenvalue weighted by molar-refractivity contribution is -0.117. The van der Waals surface area contributed by atoms with Crippen LogP contribution in [0.3, 0.4) is 0 Å². The number of aromatic nitrogens is 2. The first-order valence-electron chi connectivity index (χ1n) is 10.8. The number of nitrogens with one attached hydrogen (secondary N) is 1. The molecule has 35 heavy (non-hydrogen) atoms. The highest BCUT2D eigenvalue weighted by Crippen LogP contribution is 2.37. The third kappa shape index (κ3) is 4.79. The Morgan fingerprint density at radius 1 is 1.20 bits per heavy atom. The highest BCUT2D eigenvalue weighted by Gasteiger charge is 2.23. The number of rotatable bonds is 6. The summed E-state index contributed by atoms with van der Waals surface area (Å²) in [5.41, 5.74) is 9.41. The van der Waals surface area contributed by atoms with Crippen LogP contribution in [-0.4, -0.2) is 35.4 Å². The van der Waals surface area contributed by atoms with Gasteiger partial charge in [0.05, 0.1) is 5.56 Å². The maximum Gasteiger partial charge on any atom is 0.269 e. The molecule has 1 aliphatic heterocycles. The summed E-state index contributed by atoms with van der Waals surface area (Å²) >= 11 is 1.28. The molecule has 3 N–H and O–H groups in total. The summed E-state index contributed by atoms with van der Waals surface area (Å²) < 4.78 is 0. The number of carbonyl (C=O) groups excluding carboxylic acids is 2. The van der Waals surface area contributed by atoms with E-state index in [0.29, 0.717) is 34.9 Å². The third-order valence-corrected chi connectivity index (χ3v) is 6.66. The standard InChI is InChI=1S/C25H21N7O2S/c1-29-24(34)20-11-15(8-9-30-20)14-35-25-19(13-27)22(18(12-26)23(28)31-25)16-4-6-17(7-5-16)32-10-2-3-21(32)33/h4-9,11H,2-3,10,14H2,1H3,(H2,28,31)(H,29,34). The van der Waals surface area contributed by atoms with E-state index >= 15 is 0 Å². The van der Waals surface area contributed by atoms with Gasteiger partial charge in [-0.25, -0.2) is 4.98 Å². The second-order valence-corrected chi connectivity index (χ2v) is 8.73. The molecule has 1 aliphatic rings. The number of anilines is 2. The number of nitrogens with zero attached hydrogens (tertiary/aromatic N) is 5. The summed E-state index contributed by atoms with van der Waals surface area (Å²) in [6.07, 6.45) is 2.90. The molecule has 2 aromatic heterocycles. The molecule has 0 radical (unpaired) electrons. The Hall–Kier alpha value is -4.41. The maximum absolute atomic E-state index is 12.1. The lowest BCUT2D eigenvalue weighted by Crippen LogP contribution is -2.23. The average molecular weight is 484 g/mol. The van der Waals surface area contributed by atoms with Crippen molar-refractivity contribution in [3.8, 4) is 23.3 Å². The fourth-order valence-corrected chi connectivity index (χ4v) is 4.83. The van der Waals surface area contributed by atoms with Crippen molar-refractivity contribution >= 4 is 35.1 Å². The average Bonchev–Trinajstić information content (AvgIpc) is 3.32. The van der Waals surface area contributed by atoms with Gasteiger partial charge in [0.2, 0.25) is 5.91 Å². The van der Waals surface area contributed by atoms with E-state index in [1.165, 1.54) is 18.8 Å². The third-order valence-electron chi connectivity index (χ3n) is 5.62. The van der Waals surface area contributed by atoms with Crippen molar-refractivity contribution in [1.29, 1.82) is 10.5 Å². The van der Waals surface area contributed by atoms with Crippen molar-refractivity contribution < 1.29 is 9.59 Å². The van der Waals surface area contributed by atoms with E-state index in [1.807, 2.05) is 12.1 Å². The van der Waals surface area contributed by atoms with Crippen LogP contribution in [0, 0.1) is 22.7 Å². The summed E-state index contributed by atoms with van der Waals surface area (Å²) in [4.78, 5) is 34.1. The van der Waals surface area contributed by atoms with E-state index in [-0.39, 0.29) is 34.5 Å². The lowest BCUT2D eigenvalue weighted by Gasteiger charge is -2.17. The molecule has 0 unspecified atom stereocenters. The molecule has 10 heteroatoms. The molecular weight excluding hydrogens is 462 g/mol. The zero-order valence-electron chi connectivity index (χ0n) is 18.9. The number of nitrogens with two attached hydrogens (primary N) is 1. The molecule has 174 valence electrons. The Morgan fingerprint density at radius 3 is 2.57 bits per heavy atom. The van der Waals surface area contributed by atoms with Crippen molar-refractivity contribution in [1.82, 2.24) is 15.3 Å². The summed E-state index contributed by atoms with van der Waals surface area (Å²) in [7, 11) is 1.53. The van der Waals surface area contributed by atoms with Gasteiger partial charge in [-0.15, -0.1) is 11.8 Å². The largest absolute Gasteiger partial charge is 0.383 e. The predicted molar refractivity (Wildman–Crippen MR) is 132 cm³/mol. The molecule has 0 spiro atoms. The van der Waals surface area contributed by atoms with Crippen LogP contribution in [-0.2, 0) is 10.5 Å². The van der Waals surface area contributed by atoms with E-state index in [1.54, 1.807) is 35.4 Å². The van der Waals surface area contributed by atoms with Crippen molar-refractivity contribution in [2.45, 2.75) is 23.6 Å².